The van der Waals surface area contributed by atoms with Crippen LogP contribution >= 0.6 is 31.9 Å². The van der Waals surface area contributed by atoms with Crippen LogP contribution in [0, 0.1) is 0 Å². The summed E-state index contributed by atoms with van der Waals surface area (Å²) in [5, 5.41) is 0.184. The van der Waals surface area contributed by atoms with Crippen molar-refractivity contribution in [2.45, 2.75) is 11.7 Å². The number of rotatable bonds is 2. The lowest BCUT2D eigenvalue weighted by molar-refractivity contribution is -0.274. The summed E-state index contributed by atoms with van der Waals surface area (Å²) in [7, 11) is 0. The second-order valence-corrected chi connectivity index (χ2v) is 4.03. The van der Waals surface area contributed by atoms with Crippen LogP contribution in [0.4, 0.5) is 18.9 Å². The van der Waals surface area contributed by atoms with Gasteiger partial charge >= 0.3 is 6.36 Å². The number of benzene rings is 1. The summed E-state index contributed by atoms with van der Waals surface area (Å²) in [6, 6.07) is 2.62. The molecule has 2 N–H and O–H groups in total. The van der Waals surface area contributed by atoms with Crippen LogP contribution in [0.15, 0.2) is 16.6 Å². The highest BCUT2D eigenvalue weighted by molar-refractivity contribution is 9.10. The second-order valence-electron chi connectivity index (χ2n) is 2.62. The Balaban J connectivity index is 3.14. The zero-order valence-corrected chi connectivity index (χ0v) is 10.4. The lowest BCUT2D eigenvalue weighted by atomic mass is 10.2. The first-order chi connectivity index (χ1) is 6.85. The molecule has 7 heteroatoms. The maximum atomic E-state index is 12.0. The highest BCUT2D eigenvalue weighted by Gasteiger charge is 2.32. The smallest absolute Gasteiger partial charge is 0.405 e. The standard InChI is InChI=1S/C8H6Br2F3NO/c9-3-4-6(15-8(11,12)13)2-1-5(10)7(4)14/h1-2H,3,14H2. The van der Waals surface area contributed by atoms with E-state index in [4.69, 9.17) is 5.73 Å². The minimum absolute atomic E-state index is 0.184. The molecule has 0 unspecified atom stereocenters. The normalized spacial score (nSPS) is 11.5. The molecule has 0 aromatic heterocycles. The van der Waals surface area contributed by atoms with Crippen LogP contribution in [0.1, 0.15) is 5.56 Å². The molecule has 0 aliphatic rings. The molecule has 0 atom stereocenters. The summed E-state index contributed by atoms with van der Waals surface area (Å²) in [6.07, 6.45) is -4.71. The molecule has 2 nitrogen and oxygen atoms in total. The average Bonchev–Trinajstić information content (AvgIpc) is 2.10. The van der Waals surface area contributed by atoms with E-state index in [9.17, 15) is 13.2 Å². The summed E-state index contributed by atoms with van der Waals surface area (Å²) in [5.74, 6) is -0.292. The number of anilines is 1. The van der Waals surface area contributed by atoms with Crippen molar-refractivity contribution in [3.63, 3.8) is 0 Å². The summed E-state index contributed by atoms with van der Waals surface area (Å²) in [6.45, 7) is 0. The zero-order chi connectivity index (χ0) is 11.6. The SMILES string of the molecule is Nc1c(Br)ccc(OC(F)(F)F)c1CBr. The van der Waals surface area contributed by atoms with Gasteiger partial charge in [-0.15, -0.1) is 13.2 Å². The third-order valence-corrected chi connectivity index (χ3v) is 2.87. The maximum Gasteiger partial charge on any atom is 0.573 e. The molecule has 0 bridgehead atoms. The summed E-state index contributed by atoms with van der Waals surface area (Å²) in [5.41, 5.74) is 6.08. The van der Waals surface area contributed by atoms with E-state index >= 15 is 0 Å². The van der Waals surface area contributed by atoms with E-state index in [1.54, 1.807) is 0 Å². The first-order valence-corrected chi connectivity index (χ1v) is 5.65. The van der Waals surface area contributed by atoms with E-state index in [0.717, 1.165) is 0 Å². The van der Waals surface area contributed by atoms with Gasteiger partial charge in [0.25, 0.3) is 0 Å². The molecule has 0 heterocycles. The second kappa shape index (κ2) is 4.61. The van der Waals surface area contributed by atoms with Gasteiger partial charge in [0, 0.05) is 15.4 Å². The molecule has 0 saturated carbocycles. The van der Waals surface area contributed by atoms with E-state index in [1.807, 2.05) is 0 Å². The molecule has 0 fully saturated rings. The molecule has 0 aliphatic heterocycles. The van der Waals surface area contributed by atoms with Crippen LogP contribution < -0.4 is 10.5 Å². The Bertz CT molecular complexity index is 368. The van der Waals surface area contributed by atoms with Gasteiger partial charge in [-0.05, 0) is 28.1 Å². The molecule has 1 aromatic carbocycles. The van der Waals surface area contributed by atoms with E-state index in [-0.39, 0.29) is 22.3 Å². The van der Waals surface area contributed by atoms with Crippen molar-refractivity contribution in [3.05, 3.63) is 22.2 Å². The molecule has 1 rings (SSSR count). The summed E-state index contributed by atoms with van der Waals surface area (Å²) < 4.78 is 40.4. The molecule has 84 valence electrons. The van der Waals surface area contributed by atoms with E-state index in [1.165, 1.54) is 12.1 Å². The number of hydrogen-bond donors (Lipinski definition) is 1. The number of alkyl halides is 4. The number of nitrogens with two attached hydrogens (primary N) is 1. The van der Waals surface area contributed by atoms with Crippen molar-refractivity contribution < 1.29 is 17.9 Å². The fraction of sp³-hybridized carbons (Fsp3) is 0.250. The fourth-order valence-electron chi connectivity index (χ4n) is 0.974. The third kappa shape index (κ3) is 3.27. The molecule has 1 aromatic rings. The number of nitrogen functional groups attached to an aromatic ring is 1. The van der Waals surface area contributed by atoms with Crippen molar-refractivity contribution in [2.75, 3.05) is 5.73 Å². The lowest BCUT2D eigenvalue weighted by Crippen LogP contribution is -2.18. The third-order valence-electron chi connectivity index (χ3n) is 1.62. The Kier molecular flexibility index (Phi) is 3.88. The predicted octanol–water partition coefficient (Wildman–Crippen LogP) is 3.82. The van der Waals surface area contributed by atoms with E-state index in [0.29, 0.717) is 4.47 Å². The number of ether oxygens (including phenoxy) is 1. The van der Waals surface area contributed by atoms with Gasteiger partial charge in [-0.3, -0.25) is 0 Å². The van der Waals surface area contributed by atoms with Gasteiger partial charge in [-0.2, -0.15) is 0 Å². The molecule has 0 amide bonds. The number of hydrogen-bond acceptors (Lipinski definition) is 2. The van der Waals surface area contributed by atoms with Crippen LogP contribution in [-0.2, 0) is 5.33 Å². The Hall–Kier alpha value is -0.430. The Morgan fingerprint density at radius 1 is 1.33 bits per heavy atom. The van der Waals surface area contributed by atoms with Crippen molar-refractivity contribution in [1.82, 2.24) is 0 Å². The monoisotopic (exact) mass is 347 g/mol. The van der Waals surface area contributed by atoms with Gasteiger partial charge in [0.2, 0.25) is 0 Å². The van der Waals surface area contributed by atoms with Crippen molar-refractivity contribution in [1.29, 1.82) is 0 Å². The maximum absolute atomic E-state index is 12.0. The van der Waals surface area contributed by atoms with Crippen LogP contribution in [0.5, 0.6) is 5.75 Å². The van der Waals surface area contributed by atoms with Crippen molar-refractivity contribution in [2.24, 2.45) is 0 Å². The van der Waals surface area contributed by atoms with Gasteiger partial charge < -0.3 is 10.5 Å². The Morgan fingerprint density at radius 3 is 2.40 bits per heavy atom. The predicted molar refractivity (Wildman–Crippen MR) is 57.9 cm³/mol. The van der Waals surface area contributed by atoms with Gasteiger partial charge in [0.05, 0.1) is 5.69 Å². The minimum Gasteiger partial charge on any atom is -0.405 e. The number of halogens is 5. The minimum atomic E-state index is -4.71. The first-order valence-electron chi connectivity index (χ1n) is 3.73. The van der Waals surface area contributed by atoms with Gasteiger partial charge in [-0.1, -0.05) is 15.9 Å². The quantitative estimate of drug-likeness (QED) is 0.651. The van der Waals surface area contributed by atoms with Gasteiger partial charge in [0.15, 0.2) is 0 Å². The molecular weight excluding hydrogens is 343 g/mol. The summed E-state index contributed by atoms with van der Waals surface area (Å²) >= 11 is 6.17. The Labute approximate surface area is 101 Å². The largest absolute Gasteiger partial charge is 0.573 e. The van der Waals surface area contributed by atoms with Gasteiger partial charge in [-0.25, -0.2) is 0 Å². The van der Waals surface area contributed by atoms with Crippen LogP contribution in [-0.4, -0.2) is 6.36 Å². The molecular formula is C8H6Br2F3NO. The van der Waals surface area contributed by atoms with E-state index < -0.39 is 6.36 Å². The highest BCUT2D eigenvalue weighted by atomic mass is 79.9. The van der Waals surface area contributed by atoms with Crippen LogP contribution in [0.2, 0.25) is 0 Å². The highest BCUT2D eigenvalue weighted by Crippen LogP contribution is 2.35. The molecule has 15 heavy (non-hydrogen) atoms. The topological polar surface area (TPSA) is 35.2 Å². The van der Waals surface area contributed by atoms with Crippen LogP contribution in [0.25, 0.3) is 0 Å². The van der Waals surface area contributed by atoms with Crippen LogP contribution in [0.3, 0.4) is 0 Å². The van der Waals surface area contributed by atoms with Crippen molar-refractivity contribution in [3.8, 4) is 5.75 Å². The molecule has 0 saturated heterocycles. The Morgan fingerprint density at radius 2 is 1.93 bits per heavy atom. The van der Waals surface area contributed by atoms with Crippen molar-refractivity contribution >= 4 is 37.5 Å². The first kappa shape index (κ1) is 12.6. The van der Waals surface area contributed by atoms with E-state index in [2.05, 4.69) is 36.6 Å². The molecule has 0 radical (unpaired) electrons. The molecule has 0 spiro atoms. The average molecular weight is 349 g/mol. The zero-order valence-electron chi connectivity index (χ0n) is 7.24. The fourth-order valence-corrected chi connectivity index (χ4v) is 1.92. The summed E-state index contributed by atoms with van der Waals surface area (Å²) in [4.78, 5) is 0. The molecule has 0 aliphatic carbocycles. The van der Waals surface area contributed by atoms with Gasteiger partial charge in [0.1, 0.15) is 5.75 Å². The lowest BCUT2D eigenvalue weighted by Gasteiger charge is -2.14.